The van der Waals surface area contributed by atoms with E-state index in [1.54, 1.807) is 0 Å². The highest BCUT2D eigenvalue weighted by Gasteiger charge is 2.38. The Kier molecular flexibility index (Phi) is 1.63. The second-order valence-corrected chi connectivity index (χ2v) is 1.82. The van der Waals surface area contributed by atoms with Crippen molar-refractivity contribution in [3.05, 3.63) is 0 Å². The lowest BCUT2D eigenvalue weighted by molar-refractivity contribution is -0.164. The number of carbonyl (C=O) groups excluding carboxylic acids is 1. The van der Waals surface area contributed by atoms with E-state index in [2.05, 4.69) is 0 Å². The van der Waals surface area contributed by atoms with Crippen molar-refractivity contribution in [2.75, 3.05) is 0 Å². The predicted molar refractivity (Wildman–Crippen MR) is 33.6 cm³/mol. The molecule has 0 saturated carbocycles. The number of rotatable bonds is 3. The SMILES string of the molecule is [2H][13C]([2H])([13CH3])C(O)(C(=O)O)[13C]([13CH3])=O. The molecule has 1 atom stereocenters. The minimum atomic E-state index is -2.95. The minimum absolute atomic E-state index is 0.829. The average Bonchev–Trinajstić information content (AvgIpc) is 1.82. The summed E-state index contributed by atoms with van der Waals surface area (Å²) >= 11 is 0. The highest BCUT2D eigenvalue weighted by atomic mass is 16.4. The molecule has 0 aliphatic rings. The molecule has 1 unspecified atom stereocenters. The number of hydrogen-bond acceptors (Lipinski definition) is 3. The van der Waals surface area contributed by atoms with Crippen LogP contribution >= 0.6 is 0 Å². The van der Waals surface area contributed by atoms with E-state index in [9.17, 15) is 14.7 Å². The zero-order valence-corrected chi connectivity index (χ0v) is 5.71. The number of carboxylic acid groups (broad SMARTS) is 1. The third kappa shape index (κ3) is 1.33. The lowest BCUT2D eigenvalue weighted by atomic mass is 10.3. The predicted octanol–water partition coefficient (Wildman–Crippen LogP) is -0.199. The molecule has 0 aromatic carbocycles. The molecule has 0 saturated heterocycles. The maximum absolute atomic E-state index is 10.7. The van der Waals surface area contributed by atoms with E-state index in [1.807, 2.05) is 0 Å². The van der Waals surface area contributed by atoms with Crippen molar-refractivity contribution < 1.29 is 22.5 Å². The average molecular weight is 152 g/mol. The summed E-state index contributed by atoms with van der Waals surface area (Å²) in [5.41, 5.74) is -2.95. The molecule has 0 fully saturated rings. The van der Waals surface area contributed by atoms with Gasteiger partial charge in [-0.25, -0.2) is 4.79 Å². The summed E-state index contributed by atoms with van der Waals surface area (Å²) in [6.45, 7) is 1.66. The molecule has 0 aliphatic carbocycles. The van der Waals surface area contributed by atoms with Crippen LogP contribution in [0.1, 0.15) is 23.0 Å². The molecule has 0 bridgehead atoms. The molecule has 0 radical (unpaired) electrons. The van der Waals surface area contributed by atoms with E-state index in [-0.39, 0.29) is 0 Å². The van der Waals surface area contributed by atoms with Crippen LogP contribution in [-0.2, 0) is 9.59 Å². The standard InChI is InChI=1S/C6H10O4/c1-3-6(10,4(2)7)5(8)9/h10H,3H2,1-2H3,(H,8,9)/i1+1,2+1,3+1D2,4+1. The van der Waals surface area contributed by atoms with Gasteiger partial charge in [0.05, 0.1) is 0 Å². The first-order valence-corrected chi connectivity index (χ1v) is 2.61. The quantitative estimate of drug-likeness (QED) is 0.434. The van der Waals surface area contributed by atoms with Gasteiger partial charge in [0.1, 0.15) is 0 Å². The van der Waals surface area contributed by atoms with Gasteiger partial charge in [0.15, 0.2) is 5.78 Å². The highest BCUT2D eigenvalue weighted by Crippen LogP contribution is 2.10. The highest BCUT2D eigenvalue weighted by molar-refractivity contribution is 6.04. The summed E-state index contributed by atoms with van der Waals surface area (Å²) in [6, 6.07) is 0. The third-order valence-corrected chi connectivity index (χ3v) is 1.18. The number of aliphatic carboxylic acids is 1. The van der Waals surface area contributed by atoms with Crippen molar-refractivity contribution in [2.24, 2.45) is 0 Å². The van der Waals surface area contributed by atoms with Gasteiger partial charge >= 0.3 is 5.97 Å². The van der Waals surface area contributed by atoms with Crippen molar-refractivity contribution in [2.45, 2.75) is 25.8 Å². The zero-order chi connectivity index (χ0) is 10.2. The fourth-order valence-electron chi connectivity index (χ4n) is 0.434. The van der Waals surface area contributed by atoms with Gasteiger partial charge < -0.3 is 10.2 Å². The van der Waals surface area contributed by atoms with E-state index in [0.29, 0.717) is 0 Å². The van der Waals surface area contributed by atoms with Gasteiger partial charge in [0.25, 0.3) is 0 Å². The van der Waals surface area contributed by atoms with Gasteiger partial charge in [-0.3, -0.25) is 4.79 Å². The van der Waals surface area contributed by atoms with Gasteiger partial charge in [-0.1, -0.05) is 6.92 Å². The van der Waals surface area contributed by atoms with Gasteiger partial charge in [-0.2, -0.15) is 0 Å². The summed E-state index contributed by atoms with van der Waals surface area (Å²) in [5, 5.41) is 17.6. The first-order chi connectivity index (χ1) is 5.14. The Bertz CT molecular complexity index is 204. The third-order valence-electron chi connectivity index (χ3n) is 1.18. The Morgan fingerprint density at radius 3 is 2.10 bits per heavy atom. The van der Waals surface area contributed by atoms with Crippen LogP contribution in [0.2, 0.25) is 0 Å². The van der Waals surface area contributed by atoms with Crippen molar-refractivity contribution in [3.63, 3.8) is 0 Å². The molecule has 58 valence electrons. The summed E-state index contributed by atoms with van der Waals surface area (Å²) in [5.74, 6) is -3.00. The fourth-order valence-corrected chi connectivity index (χ4v) is 0.434. The Morgan fingerprint density at radius 1 is 1.70 bits per heavy atom. The molecule has 4 heteroatoms. The number of carbonyl (C=O) groups is 2. The molecule has 0 aromatic heterocycles. The van der Waals surface area contributed by atoms with Gasteiger partial charge in [-0.15, -0.1) is 0 Å². The van der Waals surface area contributed by atoms with Crippen LogP contribution < -0.4 is 0 Å². The molecule has 4 nitrogen and oxygen atoms in total. The van der Waals surface area contributed by atoms with Crippen LogP contribution in [0.5, 0.6) is 0 Å². The zero-order valence-electron chi connectivity index (χ0n) is 7.71. The first kappa shape index (κ1) is 5.85. The smallest absolute Gasteiger partial charge is 0.343 e. The van der Waals surface area contributed by atoms with Gasteiger partial charge in [0, 0.05) is 2.74 Å². The largest absolute Gasteiger partial charge is 0.479 e. The molecule has 0 aliphatic heterocycles. The monoisotopic (exact) mass is 152 g/mol. The van der Waals surface area contributed by atoms with E-state index >= 15 is 0 Å². The second-order valence-electron chi connectivity index (χ2n) is 1.82. The summed E-state index contributed by atoms with van der Waals surface area (Å²) < 4.78 is 13.9. The number of hydrogen-bond donors (Lipinski definition) is 2. The van der Waals surface area contributed by atoms with E-state index < -0.39 is 23.7 Å². The van der Waals surface area contributed by atoms with E-state index in [0.717, 1.165) is 13.8 Å². The van der Waals surface area contributed by atoms with Gasteiger partial charge in [-0.05, 0) is 13.3 Å². The lowest BCUT2D eigenvalue weighted by Gasteiger charge is -2.16. The number of Topliss-reactive ketones (excluding diaryl/α,β-unsaturated/α-hetero) is 1. The number of ketones is 1. The fraction of sp³-hybridized carbons (Fsp3) is 0.667. The Labute approximate surface area is 61.3 Å². The van der Waals surface area contributed by atoms with Crippen LogP contribution in [0.15, 0.2) is 0 Å². The van der Waals surface area contributed by atoms with Crippen LogP contribution in [-0.4, -0.2) is 27.6 Å². The normalized spacial score (nSPS) is 20.3. The molecule has 10 heavy (non-hydrogen) atoms. The van der Waals surface area contributed by atoms with Crippen molar-refractivity contribution in [3.8, 4) is 0 Å². The van der Waals surface area contributed by atoms with Crippen LogP contribution in [0.3, 0.4) is 0 Å². The van der Waals surface area contributed by atoms with Crippen molar-refractivity contribution in [1.29, 1.82) is 0 Å². The Morgan fingerprint density at radius 2 is 2.10 bits per heavy atom. The first-order valence-electron chi connectivity index (χ1n) is 3.61. The summed E-state index contributed by atoms with van der Waals surface area (Å²) in [7, 11) is 0. The lowest BCUT2D eigenvalue weighted by Crippen LogP contribution is -2.44. The van der Waals surface area contributed by atoms with E-state index in [1.165, 1.54) is 0 Å². The maximum atomic E-state index is 10.7. The number of aliphatic hydroxyl groups is 1. The molecule has 0 amide bonds. The molecule has 0 aromatic rings. The van der Waals surface area contributed by atoms with E-state index in [4.69, 9.17) is 7.85 Å². The molecule has 0 heterocycles. The van der Waals surface area contributed by atoms with Crippen LogP contribution in [0, 0.1) is 0 Å². The maximum Gasteiger partial charge on any atom is 0.343 e. The van der Waals surface area contributed by atoms with Gasteiger partial charge in [0.2, 0.25) is 5.60 Å². The molecular weight excluding hydrogens is 140 g/mol. The molecule has 0 spiro atoms. The molecular formula is C6H10O4. The summed E-state index contributed by atoms with van der Waals surface area (Å²) in [4.78, 5) is 21.1. The van der Waals surface area contributed by atoms with Crippen LogP contribution in [0.4, 0.5) is 0 Å². The number of carboxylic acids is 1. The van der Waals surface area contributed by atoms with Crippen molar-refractivity contribution in [1.82, 2.24) is 0 Å². The second kappa shape index (κ2) is 2.79. The molecule has 0 rings (SSSR count). The van der Waals surface area contributed by atoms with Crippen LogP contribution in [0.25, 0.3) is 0 Å². The summed E-state index contributed by atoms with van der Waals surface area (Å²) in [6.07, 6.45) is -2.50. The minimum Gasteiger partial charge on any atom is -0.479 e. The molecule has 2 N–H and O–H groups in total. The Balaban J connectivity index is 5.17. The Hall–Kier alpha value is -0.900. The van der Waals surface area contributed by atoms with Crippen molar-refractivity contribution >= 4 is 11.8 Å². The topological polar surface area (TPSA) is 74.6 Å².